The molecule has 0 spiro atoms. The lowest BCUT2D eigenvalue weighted by Crippen LogP contribution is -2.58. The molecule has 2 aromatic rings. The van der Waals surface area contributed by atoms with Gasteiger partial charge in [0.2, 0.25) is 0 Å². The number of hydrogen-bond acceptors (Lipinski definition) is 7. The van der Waals surface area contributed by atoms with E-state index < -0.39 is 5.97 Å². The fourth-order valence-corrected chi connectivity index (χ4v) is 6.12. The second-order valence-corrected chi connectivity index (χ2v) is 10.3. The van der Waals surface area contributed by atoms with Crippen molar-refractivity contribution in [2.75, 3.05) is 51.0 Å². The number of ether oxygens (including phenoxy) is 1. The highest BCUT2D eigenvalue weighted by molar-refractivity contribution is 7.13. The molecule has 11 heteroatoms. The van der Waals surface area contributed by atoms with Gasteiger partial charge in [-0.05, 0) is 55.0 Å². The van der Waals surface area contributed by atoms with Crippen molar-refractivity contribution >= 4 is 57.7 Å². The Kier molecular flexibility index (Phi) is 8.45. The van der Waals surface area contributed by atoms with Crippen LogP contribution < -0.4 is 16.0 Å². The van der Waals surface area contributed by atoms with Crippen molar-refractivity contribution in [1.29, 1.82) is 0 Å². The number of carbonyl (C=O) groups excluding carboxylic acids is 4. The first-order chi connectivity index (χ1) is 16.2. The van der Waals surface area contributed by atoms with Crippen LogP contribution in [0, 0.1) is 13.8 Å². The first-order valence-corrected chi connectivity index (χ1v) is 12.9. The summed E-state index contributed by atoms with van der Waals surface area (Å²) in [6, 6.07) is 0. The number of carbonyl (C=O) groups is 4. The monoisotopic (exact) mass is 507 g/mol. The van der Waals surface area contributed by atoms with E-state index in [-0.39, 0.29) is 30.8 Å². The molecule has 0 aromatic carbocycles. The molecule has 0 atom stereocenters. The number of piperidine rings is 1. The number of nitrogens with one attached hydrogen (secondary N) is 3. The summed E-state index contributed by atoms with van der Waals surface area (Å²) in [6.07, 6.45) is 2.91. The molecule has 0 radical (unpaired) electrons. The summed E-state index contributed by atoms with van der Waals surface area (Å²) in [5.74, 6) is -1.22. The normalized spacial score (nSPS) is 14.8. The van der Waals surface area contributed by atoms with Crippen molar-refractivity contribution in [3.05, 3.63) is 31.6 Å². The molecular formula is C23H31N4O5S2+. The van der Waals surface area contributed by atoms with E-state index in [0.29, 0.717) is 38.7 Å². The zero-order valence-electron chi connectivity index (χ0n) is 19.9. The minimum absolute atomic E-state index is 0.119. The quantitative estimate of drug-likeness (QED) is 0.375. The van der Waals surface area contributed by atoms with Crippen LogP contribution in [0.1, 0.15) is 49.7 Å². The van der Waals surface area contributed by atoms with Crippen LogP contribution in [-0.4, -0.2) is 68.5 Å². The predicted octanol–water partition coefficient (Wildman–Crippen LogP) is 3.15. The van der Waals surface area contributed by atoms with Gasteiger partial charge in [0.1, 0.15) is 9.75 Å². The van der Waals surface area contributed by atoms with Crippen molar-refractivity contribution in [2.45, 2.75) is 33.1 Å². The van der Waals surface area contributed by atoms with Crippen LogP contribution in [0.15, 0.2) is 10.8 Å². The molecule has 184 valence electrons. The van der Waals surface area contributed by atoms with Crippen LogP contribution in [0.5, 0.6) is 0 Å². The number of likely N-dealkylation sites (tertiary alicyclic amines) is 1. The Morgan fingerprint density at radius 2 is 1.38 bits per heavy atom. The smallest absolute Gasteiger partial charge is 0.350 e. The summed E-state index contributed by atoms with van der Waals surface area (Å²) in [7, 11) is 2.86. The standard InChI is InChI=1S/C23H30N4O5S2/c1-14-12-33-20(22(30)24-3)18(14)25-16(28)10-27(8-6-5-7-9-27)11-17(29)26-19-15(2)13-34-21(19)23(31)32-4/h12-13H,5-11H2,1-4H3,(H2-,24,25,26,28,29,30,31)/p+1. The fraction of sp³-hybridized carbons (Fsp3) is 0.478. The van der Waals surface area contributed by atoms with Gasteiger partial charge in [-0.2, -0.15) is 0 Å². The van der Waals surface area contributed by atoms with Gasteiger partial charge in [0.05, 0.1) is 31.6 Å². The number of amides is 3. The number of methoxy groups -OCH3 is 1. The van der Waals surface area contributed by atoms with E-state index in [1.807, 2.05) is 19.2 Å². The van der Waals surface area contributed by atoms with Gasteiger partial charge in [-0.15, -0.1) is 22.7 Å². The Hall–Kier alpha value is -2.76. The van der Waals surface area contributed by atoms with Crippen molar-refractivity contribution in [2.24, 2.45) is 0 Å². The molecule has 0 aliphatic carbocycles. The summed E-state index contributed by atoms with van der Waals surface area (Å²) < 4.78 is 5.15. The lowest BCUT2D eigenvalue weighted by molar-refractivity contribution is -0.917. The number of aryl methyl sites for hydroxylation is 2. The topological polar surface area (TPSA) is 114 Å². The largest absolute Gasteiger partial charge is 0.465 e. The number of rotatable bonds is 8. The highest BCUT2D eigenvalue weighted by atomic mass is 32.1. The van der Waals surface area contributed by atoms with Gasteiger partial charge in [-0.3, -0.25) is 14.4 Å². The molecule has 1 fully saturated rings. The molecule has 3 heterocycles. The molecule has 3 amide bonds. The SMILES string of the molecule is CNC(=O)c1scc(C)c1NC(=O)C[N+]1(CC(=O)Nc2c(C)csc2C(=O)OC)CCCCC1. The van der Waals surface area contributed by atoms with Crippen LogP contribution in [-0.2, 0) is 14.3 Å². The van der Waals surface area contributed by atoms with E-state index in [2.05, 4.69) is 16.0 Å². The van der Waals surface area contributed by atoms with Crippen molar-refractivity contribution < 1.29 is 28.4 Å². The molecule has 0 bridgehead atoms. The zero-order chi connectivity index (χ0) is 24.9. The molecule has 1 aliphatic heterocycles. The first-order valence-electron chi connectivity index (χ1n) is 11.1. The summed E-state index contributed by atoms with van der Waals surface area (Å²) >= 11 is 2.51. The Morgan fingerprint density at radius 3 is 1.88 bits per heavy atom. The molecule has 1 aliphatic rings. The molecule has 0 unspecified atom stereocenters. The maximum atomic E-state index is 13.1. The second kappa shape index (κ2) is 11.1. The van der Waals surface area contributed by atoms with Crippen molar-refractivity contribution in [3.63, 3.8) is 0 Å². The molecule has 1 saturated heterocycles. The minimum Gasteiger partial charge on any atom is -0.465 e. The number of quaternary nitrogens is 1. The molecule has 0 saturated carbocycles. The summed E-state index contributed by atoms with van der Waals surface area (Å²) in [4.78, 5) is 51.2. The maximum absolute atomic E-state index is 13.1. The van der Waals surface area contributed by atoms with Gasteiger partial charge >= 0.3 is 5.97 Å². The third-order valence-electron chi connectivity index (χ3n) is 6.01. The average Bonchev–Trinajstić information content (AvgIpc) is 3.35. The molecule has 3 N–H and O–H groups in total. The maximum Gasteiger partial charge on any atom is 0.350 e. The Balaban J connectivity index is 1.75. The van der Waals surface area contributed by atoms with Gasteiger partial charge in [0.25, 0.3) is 17.7 Å². The Bertz CT molecular complexity index is 1010. The molecule has 34 heavy (non-hydrogen) atoms. The minimum atomic E-state index is -0.493. The molecule has 9 nitrogen and oxygen atoms in total. The van der Waals surface area contributed by atoms with Crippen LogP contribution in [0.25, 0.3) is 0 Å². The Morgan fingerprint density at radius 1 is 0.882 bits per heavy atom. The number of esters is 1. The third-order valence-corrected chi connectivity index (χ3v) is 8.18. The van der Waals surface area contributed by atoms with E-state index >= 15 is 0 Å². The zero-order valence-corrected chi connectivity index (χ0v) is 21.5. The summed E-state index contributed by atoms with van der Waals surface area (Å²) in [5.41, 5.74) is 2.59. The molecule has 2 aromatic heterocycles. The number of thiophene rings is 2. The van der Waals surface area contributed by atoms with Crippen LogP contribution in [0.2, 0.25) is 0 Å². The van der Waals surface area contributed by atoms with Crippen molar-refractivity contribution in [1.82, 2.24) is 5.32 Å². The highest BCUT2D eigenvalue weighted by Crippen LogP contribution is 2.30. The highest BCUT2D eigenvalue weighted by Gasteiger charge is 2.36. The number of nitrogens with zero attached hydrogens (tertiary/aromatic N) is 1. The summed E-state index contributed by atoms with van der Waals surface area (Å²) in [6.45, 7) is 5.33. The Labute approximate surface area is 207 Å². The molecule has 3 rings (SSSR count). The van der Waals surface area contributed by atoms with Crippen LogP contribution in [0.3, 0.4) is 0 Å². The average molecular weight is 508 g/mol. The lowest BCUT2D eigenvalue weighted by atomic mass is 10.1. The van der Waals surface area contributed by atoms with Gasteiger partial charge in [-0.1, -0.05) is 0 Å². The van der Waals surface area contributed by atoms with Crippen LogP contribution in [0.4, 0.5) is 11.4 Å². The summed E-state index contributed by atoms with van der Waals surface area (Å²) in [5, 5.41) is 12.0. The van der Waals surface area contributed by atoms with Gasteiger partial charge in [0, 0.05) is 7.05 Å². The first kappa shape index (κ1) is 25.9. The second-order valence-electron chi connectivity index (χ2n) is 8.58. The van der Waals surface area contributed by atoms with Crippen LogP contribution >= 0.6 is 22.7 Å². The molecular weight excluding hydrogens is 476 g/mol. The number of hydrogen-bond donors (Lipinski definition) is 3. The predicted molar refractivity (Wildman–Crippen MR) is 134 cm³/mol. The van der Waals surface area contributed by atoms with Gasteiger partial charge in [-0.25, -0.2) is 4.79 Å². The van der Waals surface area contributed by atoms with E-state index in [1.54, 1.807) is 12.4 Å². The van der Waals surface area contributed by atoms with E-state index in [0.717, 1.165) is 30.4 Å². The van der Waals surface area contributed by atoms with Gasteiger partial charge in [0.15, 0.2) is 13.1 Å². The number of anilines is 2. The lowest BCUT2D eigenvalue weighted by Gasteiger charge is -2.40. The third kappa shape index (κ3) is 5.83. The van der Waals surface area contributed by atoms with E-state index in [1.165, 1.54) is 29.8 Å². The van der Waals surface area contributed by atoms with E-state index in [9.17, 15) is 19.2 Å². The van der Waals surface area contributed by atoms with Crippen molar-refractivity contribution in [3.8, 4) is 0 Å². The van der Waals surface area contributed by atoms with Gasteiger partial charge < -0.3 is 25.2 Å². The van der Waals surface area contributed by atoms with E-state index in [4.69, 9.17) is 4.74 Å². The fourth-order valence-electron chi connectivity index (χ4n) is 4.24.